The SMILES string of the molecule is CC[C@@H]1C[C@]1(NC(=O)[C@@H]1C[C@@H]2CN1C(=O)[C@H](C(C)C)NC(=O)OCC(C)(C)CCCCc1cccc3c1CN(C3)C(=O)O2)C(=O)NS(=O)(=O)C1CC1. The standard InChI is InChI=1S/C37H53N5O9S/c1-6-25-17-37(25,33(45)40-52(48,49)27-13-14-27)39-31(43)29-16-26-19-42(29)32(44)30(22(2)3)38-34(46)50-21-36(4,5)15-8-7-10-23-11-9-12-24-18-41(20-28(23)24)35(47)51-26/h9,11-12,22,25-27,29-30H,6-8,10,13-21H2,1-5H3,(H,38,46)(H,39,43)(H,40,45)/t25-,26-,29+,30+,37-/m1/s1. The zero-order chi connectivity index (χ0) is 37.6. The van der Waals surface area contributed by atoms with Crippen molar-refractivity contribution < 1.29 is 41.9 Å². The van der Waals surface area contributed by atoms with E-state index in [1.165, 1.54) is 10.5 Å². The first-order valence-corrected chi connectivity index (χ1v) is 20.2. The first-order valence-electron chi connectivity index (χ1n) is 18.7. The Bertz CT molecular complexity index is 1710. The van der Waals surface area contributed by atoms with Crippen LogP contribution in [0.1, 0.15) is 103 Å². The van der Waals surface area contributed by atoms with Crippen molar-refractivity contribution in [2.24, 2.45) is 17.3 Å². The van der Waals surface area contributed by atoms with Crippen LogP contribution in [0.5, 0.6) is 0 Å². The first kappa shape index (κ1) is 37.9. The second kappa shape index (κ2) is 14.5. The van der Waals surface area contributed by atoms with Gasteiger partial charge < -0.3 is 25.0 Å². The Labute approximate surface area is 306 Å². The molecule has 5 amide bonds. The number of ether oxygens (including phenoxy) is 2. The number of sulfonamides is 1. The number of carbonyl (C=O) groups excluding carboxylic acids is 5. The summed E-state index contributed by atoms with van der Waals surface area (Å²) in [5.74, 6) is -2.71. The normalized spacial score (nSPS) is 29.5. The van der Waals surface area contributed by atoms with Crippen molar-refractivity contribution in [1.82, 2.24) is 25.2 Å². The summed E-state index contributed by atoms with van der Waals surface area (Å²) in [6.07, 6.45) is 3.00. The fourth-order valence-electron chi connectivity index (χ4n) is 7.86. The zero-order valence-electron chi connectivity index (χ0n) is 30.9. The molecule has 4 bridgehead atoms. The Balaban J connectivity index is 1.26. The molecule has 0 unspecified atom stereocenters. The maximum absolute atomic E-state index is 14.3. The molecule has 286 valence electrons. The largest absolute Gasteiger partial charge is 0.449 e. The molecule has 0 spiro atoms. The number of amides is 5. The summed E-state index contributed by atoms with van der Waals surface area (Å²) in [5.41, 5.74) is 1.58. The van der Waals surface area contributed by atoms with Crippen LogP contribution in [0.3, 0.4) is 0 Å². The van der Waals surface area contributed by atoms with Crippen LogP contribution in [0.2, 0.25) is 0 Å². The van der Waals surface area contributed by atoms with E-state index in [0.29, 0.717) is 32.4 Å². The predicted octanol–water partition coefficient (Wildman–Crippen LogP) is 3.51. The van der Waals surface area contributed by atoms with Gasteiger partial charge in [-0.2, -0.15) is 0 Å². The van der Waals surface area contributed by atoms with E-state index in [1.807, 2.05) is 32.9 Å². The molecular formula is C37H53N5O9S. The van der Waals surface area contributed by atoms with Gasteiger partial charge in [-0.1, -0.05) is 65.7 Å². The highest BCUT2D eigenvalue weighted by Crippen LogP contribution is 2.47. The molecule has 5 atom stereocenters. The van der Waals surface area contributed by atoms with Gasteiger partial charge in [0, 0.05) is 19.5 Å². The zero-order valence-corrected chi connectivity index (χ0v) is 31.7. The van der Waals surface area contributed by atoms with E-state index in [2.05, 4.69) is 21.4 Å². The molecule has 6 rings (SSSR count). The fraction of sp³-hybridized carbons (Fsp3) is 0.703. The molecule has 0 aromatic heterocycles. The summed E-state index contributed by atoms with van der Waals surface area (Å²) in [7, 11) is -3.87. The number of aryl methyl sites for hydroxylation is 1. The quantitative estimate of drug-likeness (QED) is 0.377. The summed E-state index contributed by atoms with van der Waals surface area (Å²) in [6, 6.07) is 3.87. The minimum atomic E-state index is -3.87. The second-order valence-corrected chi connectivity index (χ2v) is 18.4. The number of cyclic esters (lactones) is 1. The Morgan fingerprint density at radius 2 is 1.81 bits per heavy atom. The lowest BCUT2D eigenvalue weighted by atomic mass is 9.87. The van der Waals surface area contributed by atoms with E-state index in [0.717, 1.165) is 36.8 Å². The molecule has 2 aliphatic carbocycles. The van der Waals surface area contributed by atoms with Crippen molar-refractivity contribution in [2.45, 2.75) is 134 Å². The average Bonchev–Trinajstić information content (AvgIpc) is 3.98. The third-order valence-corrected chi connectivity index (χ3v) is 13.2. The van der Waals surface area contributed by atoms with Crippen LogP contribution in [0.15, 0.2) is 18.2 Å². The molecule has 0 radical (unpaired) electrons. The number of rotatable bonds is 7. The van der Waals surface area contributed by atoms with Crippen molar-refractivity contribution in [3.63, 3.8) is 0 Å². The molecule has 15 heteroatoms. The molecule has 2 saturated carbocycles. The number of alkyl carbamates (subject to hydrolysis) is 1. The van der Waals surface area contributed by atoms with Gasteiger partial charge in [-0.3, -0.25) is 24.0 Å². The Kier molecular flexibility index (Phi) is 10.6. The molecule has 5 aliphatic rings. The molecule has 1 saturated heterocycles. The molecule has 1 aromatic rings. The number of nitrogens with zero attached hydrogens (tertiary/aromatic N) is 2. The van der Waals surface area contributed by atoms with Gasteiger partial charge in [-0.05, 0) is 72.5 Å². The summed E-state index contributed by atoms with van der Waals surface area (Å²) in [4.78, 5) is 71.6. The maximum atomic E-state index is 14.3. The number of benzene rings is 1. The summed E-state index contributed by atoms with van der Waals surface area (Å²) in [5, 5.41) is 4.90. The van der Waals surface area contributed by atoms with E-state index in [-0.39, 0.29) is 37.3 Å². The monoisotopic (exact) mass is 743 g/mol. The van der Waals surface area contributed by atoms with Crippen molar-refractivity contribution in [3.8, 4) is 0 Å². The fourth-order valence-corrected chi connectivity index (χ4v) is 9.22. The van der Waals surface area contributed by atoms with Gasteiger partial charge in [0.1, 0.15) is 23.7 Å². The van der Waals surface area contributed by atoms with Crippen LogP contribution >= 0.6 is 0 Å². The number of hydrogen-bond acceptors (Lipinski definition) is 9. The third kappa shape index (κ3) is 8.03. The molecule has 52 heavy (non-hydrogen) atoms. The van der Waals surface area contributed by atoms with Gasteiger partial charge in [0.15, 0.2) is 0 Å². The summed E-state index contributed by atoms with van der Waals surface area (Å²) in [6.45, 7) is 10.3. The minimum Gasteiger partial charge on any atom is -0.449 e. The topological polar surface area (TPSA) is 181 Å². The lowest BCUT2D eigenvalue weighted by Gasteiger charge is -2.31. The summed E-state index contributed by atoms with van der Waals surface area (Å²) >= 11 is 0. The van der Waals surface area contributed by atoms with Crippen molar-refractivity contribution in [3.05, 3.63) is 34.9 Å². The molecule has 3 N–H and O–H groups in total. The molecule has 3 heterocycles. The molecule has 3 aliphatic heterocycles. The number of nitrogens with one attached hydrogen (secondary N) is 3. The highest BCUT2D eigenvalue weighted by Gasteiger charge is 2.62. The maximum Gasteiger partial charge on any atom is 0.410 e. The van der Waals surface area contributed by atoms with Crippen LogP contribution in [-0.2, 0) is 53.4 Å². The molecule has 3 fully saturated rings. The van der Waals surface area contributed by atoms with Gasteiger partial charge in [0.2, 0.25) is 21.8 Å². The third-order valence-electron chi connectivity index (χ3n) is 11.4. The molecule has 14 nitrogen and oxygen atoms in total. The Morgan fingerprint density at radius 3 is 2.48 bits per heavy atom. The smallest absolute Gasteiger partial charge is 0.410 e. The Hall–Kier alpha value is -3.88. The number of fused-ring (bicyclic) bond motifs is 3. The van der Waals surface area contributed by atoms with Crippen molar-refractivity contribution in [1.29, 1.82) is 0 Å². The van der Waals surface area contributed by atoms with Gasteiger partial charge in [0.25, 0.3) is 5.91 Å². The van der Waals surface area contributed by atoms with E-state index < -0.39 is 74.8 Å². The van der Waals surface area contributed by atoms with Crippen LogP contribution in [0.25, 0.3) is 0 Å². The highest BCUT2D eigenvalue weighted by molar-refractivity contribution is 7.91. The first-order chi connectivity index (χ1) is 24.5. The average molecular weight is 744 g/mol. The second-order valence-electron chi connectivity index (χ2n) is 16.4. The van der Waals surface area contributed by atoms with E-state index in [4.69, 9.17) is 9.47 Å². The van der Waals surface area contributed by atoms with Crippen LogP contribution in [0.4, 0.5) is 9.59 Å². The predicted molar refractivity (Wildman–Crippen MR) is 190 cm³/mol. The number of carbonyl (C=O) groups is 5. The van der Waals surface area contributed by atoms with E-state index in [1.54, 1.807) is 18.7 Å². The van der Waals surface area contributed by atoms with Gasteiger partial charge in [-0.15, -0.1) is 0 Å². The van der Waals surface area contributed by atoms with Gasteiger partial charge in [0.05, 0.1) is 18.4 Å². The number of hydrogen-bond donors (Lipinski definition) is 3. The van der Waals surface area contributed by atoms with Gasteiger partial charge >= 0.3 is 12.2 Å². The summed E-state index contributed by atoms with van der Waals surface area (Å²) < 4.78 is 39.1. The van der Waals surface area contributed by atoms with E-state index >= 15 is 0 Å². The van der Waals surface area contributed by atoms with E-state index in [9.17, 15) is 32.4 Å². The minimum absolute atomic E-state index is 0.0480. The molecular weight excluding hydrogens is 691 g/mol. The van der Waals surface area contributed by atoms with Crippen LogP contribution < -0.4 is 15.4 Å². The lowest BCUT2D eigenvalue weighted by molar-refractivity contribution is -0.141. The van der Waals surface area contributed by atoms with Crippen LogP contribution in [0, 0.1) is 17.3 Å². The van der Waals surface area contributed by atoms with Gasteiger partial charge in [-0.25, -0.2) is 18.0 Å². The highest BCUT2D eigenvalue weighted by atomic mass is 32.2. The van der Waals surface area contributed by atoms with Crippen molar-refractivity contribution in [2.75, 3.05) is 13.2 Å². The molecule has 1 aromatic carbocycles. The van der Waals surface area contributed by atoms with Crippen molar-refractivity contribution >= 4 is 39.9 Å². The van der Waals surface area contributed by atoms with Crippen LogP contribution in [-0.4, -0.2) is 90.3 Å². The lowest BCUT2D eigenvalue weighted by Crippen LogP contribution is -2.59. The Morgan fingerprint density at radius 1 is 1.08 bits per heavy atom.